The van der Waals surface area contributed by atoms with E-state index < -0.39 is 0 Å². The first-order chi connectivity index (χ1) is 4.75. The third kappa shape index (κ3) is 0.968. The fraction of sp³-hybridized carbons (Fsp3) is 1.00. The van der Waals surface area contributed by atoms with Gasteiger partial charge in [0.1, 0.15) is 0 Å². The summed E-state index contributed by atoms with van der Waals surface area (Å²) >= 11 is 0. The zero-order valence-corrected chi connectivity index (χ0v) is 7.01. The van der Waals surface area contributed by atoms with Gasteiger partial charge in [-0.15, -0.1) is 0 Å². The third-order valence-corrected chi connectivity index (χ3v) is 3.17. The Kier molecular flexibility index (Phi) is 1.48. The summed E-state index contributed by atoms with van der Waals surface area (Å²) in [5.41, 5.74) is 0. The Bertz CT molecular complexity index is 105. The van der Waals surface area contributed by atoms with Crippen LogP contribution in [-0.2, 0) is 0 Å². The molecule has 2 fully saturated rings. The van der Waals surface area contributed by atoms with Crippen molar-refractivity contribution in [3.63, 3.8) is 0 Å². The summed E-state index contributed by atoms with van der Waals surface area (Å²) in [6.07, 6.45) is 2.99. The number of hydrogen-bond donors (Lipinski definition) is 0. The molecule has 2 aliphatic rings. The van der Waals surface area contributed by atoms with Crippen molar-refractivity contribution >= 4 is 0 Å². The van der Waals surface area contributed by atoms with Crippen molar-refractivity contribution in [2.24, 2.45) is 17.8 Å². The van der Waals surface area contributed by atoms with Crippen molar-refractivity contribution in [1.82, 2.24) is 4.90 Å². The topological polar surface area (TPSA) is 3.24 Å². The average molecular weight is 139 g/mol. The Morgan fingerprint density at radius 3 is 2.10 bits per heavy atom. The van der Waals surface area contributed by atoms with Crippen LogP contribution < -0.4 is 0 Å². The van der Waals surface area contributed by atoms with Crippen LogP contribution in [0.1, 0.15) is 19.8 Å². The molecule has 1 nitrogen and oxygen atoms in total. The zero-order valence-electron chi connectivity index (χ0n) is 7.01. The van der Waals surface area contributed by atoms with Crippen LogP contribution in [0.2, 0.25) is 0 Å². The highest BCUT2D eigenvalue weighted by atomic mass is 15.1. The van der Waals surface area contributed by atoms with E-state index in [1.165, 1.54) is 25.9 Å². The SMILES string of the molecule is C[C@H]1C[C@@H]2CN(C)C[C@@H]2C1. The van der Waals surface area contributed by atoms with Crippen LogP contribution in [0.5, 0.6) is 0 Å². The molecule has 10 heavy (non-hydrogen) atoms. The van der Waals surface area contributed by atoms with Gasteiger partial charge in [0, 0.05) is 13.1 Å². The second kappa shape index (κ2) is 2.23. The van der Waals surface area contributed by atoms with Gasteiger partial charge in [0.05, 0.1) is 0 Å². The second-order valence-electron chi connectivity index (χ2n) is 4.32. The molecule has 3 atom stereocenters. The van der Waals surface area contributed by atoms with Crippen molar-refractivity contribution in [1.29, 1.82) is 0 Å². The Labute approximate surface area is 63.4 Å². The van der Waals surface area contributed by atoms with Crippen molar-refractivity contribution in [2.45, 2.75) is 19.8 Å². The van der Waals surface area contributed by atoms with Gasteiger partial charge in [-0.1, -0.05) is 6.92 Å². The van der Waals surface area contributed by atoms with Crippen LogP contribution in [0.3, 0.4) is 0 Å². The van der Waals surface area contributed by atoms with E-state index in [2.05, 4.69) is 18.9 Å². The maximum Gasteiger partial charge on any atom is 0.000995 e. The van der Waals surface area contributed by atoms with E-state index in [1.54, 1.807) is 0 Å². The predicted molar refractivity (Wildman–Crippen MR) is 42.9 cm³/mol. The van der Waals surface area contributed by atoms with E-state index in [0.29, 0.717) is 0 Å². The summed E-state index contributed by atoms with van der Waals surface area (Å²) in [7, 11) is 2.25. The molecule has 0 N–H and O–H groups in total. The van der Waals surface area contributed by atoms with Crippen LogP contribution in [0.4, 0.5) is 0 Å². The average Bonchev–Trinajstić information content (AvgIpc) is 2.21. The lowest BCUT2D eigenvalue weighted by atomic mass is 10.0. The van der Waals surface area contributed by atoms with Gasteiger partial charge in [-0.2, -0.15) is 0 Å². The number of nitrogens with zero attached hydrogens (tertiary/aromatic N) is 1. The first kappa shape index (κ1) is 6.66. The van der Waals surface area contributed by atoms with Crippen molar-refractivity contribution < 1.29 is 0 Å². The second-order valence-corrected chi connectivity index (χ2v) is 4.32. The molecule has 1 aliphatic carbocycles. The Morgan fingerprint density at radius 1 is 1.10 bits per heavy atom. The van der Waals surface area contributed by atoms with Crippen molar-refractivity contribution in [3.8, 4) is 0 Å². The normalized spacial score (nSPS) is 48.0. The summed E-state index contributed by atoms with van der Waals surface area (Å²) in [6, 6.07) is 0. The zero-order chi connectivity index (χ0) is 7.14. The molecule has 1 heteroatoms. The largest absolute Gasteiger partial charge is 0.306 e. The molecule has 1 saturated carbocycles. The van der Waals surface area contributed by atoms with E-state index in [4.69, 9.17) is 0 Å². The van der Waals surface area contributed by atoms with Crippen molar-refractivity contribution in [2.75, 3.05) is 20.1 Å². The fourth-order valence-corrected chi connectivity index (χ4v) is 2.84. The lowest BCUT2D eigenvalue weighted by Gasteiger charge is -2.09. The molecule has 0 amide bonds. The number of likely N-dealkylation sites (tertiary alicyclic amines) is 1. The van der Waals surface area contributed by atoms with Gasteiger partial charge < -0.3 is 4.90 Å². The van der Waals surface area contributed by atoms with E-state index >= 15 is 0 Å². The first-order valence-electron chi connectivity index (χ1n) is 4.44. The molecule has 0 spiro atoms. The quantitative estimate of drug-likeness (QED) is 0.492. The summed E-state index contributed by atoms with van der Waals surface area (Å²) in [5, 5.41) is 0. The first-order valence-corrected chi connectivity index (χ1v) is 4.44. The van der Waals surface area contributed by atoms with Gasteiger partial charge in [0.15, 0.2) is 0 Å². The Morgan fingerprint density at radius 2 is 1.60 bits per heavy atom. The molecule has 1 aliphatic heterocycles. The molecule has 0 radical (unpaired) electrons. The molecule has 0 bridgehead atoms. The minimum Gasteiger partial charge on any atom is -0.306 e. The number of hydrogen-bond acceptors (Lipinski definition) is 1. The molecule has 0 aromatic heterocycles. The monoisotopic (exact) mass is 139 g/mol. The maximum atomic E-state index is 2.49. The third-order valence-electron chi connectivity index (χ3n) is 3.17. The van der Waals surface area contributed by atoms with Crippen LogP contribution >= 0.6 is 0 Å². The van der Waals surface area contributed by atoms with Gasteiger partial charge in [0.25, 0.3) is 0 Å². The Hall–Kier alpha value is -0.0400. The summed E-state index contributed by atoms with van der Waals surface area (Å²) < 4.78 is 0. The van der Waals surface area contributed by atoms with Gasteiger partial charge in [-0.05, 0) is 37.6 Å². The molecular weight excluding hydrogens is 122 g/mol. The predicted octanol–water partition coefficient (Wildman–Crippen LogP) is 1.59. The van der Waals surface area contributed by atoms with Crippen LogP contribution in [0.25, 0.3) is 0 Å². The highest BCUT2D eigenvalue weighted by Crippen LogP contribution is 2.40. The van der Waals surface area contributed by atoms with Gasteiger partial charge in [-0.3, -0.25) is 0 Å². The van der Waals surface area contributed by atoms with Crippen LogP contribution in [-0.4, -0.2) is 25.0 Å². The van der Waals surface area contributed by atoms with Gasteiger partial charge in [0.2, 0.25) is 0 Å². The lowest BCUT2D eigenvalue weighted by Crippen LogP contribution is -2.15. The summed E-state index contributed by atoms with van der Waals surface area (Å²) in [5.74, 6) is 3.13. The van der Waals surface area contributed by atoms with Gasteiger partial charge in [-0.25, -0.2) is 0 Å². The maximum absolute atomic E-state index is 2.49. The Balaban J connectivity index is 2.00. The van der Waals surface area contributed by atoms with E-state index in [1.807, 2.05) is 0 Å². The van der Waals surface area contributed by atoms with Gasteiger partial charge >= 0.3 is 0 Å². The molecular formula is C9H17N. The summed E-state index contributed by atoms with van der Waals surface area (Å²) in [4.78, 5) is 2.49. The molecule has 0 aromatic carbocycles. The summed E-state index contributed by atoms with van der Waals surface area (Å²) in [6.45, 7) is 5.14. The van der Waals surface area contributed by atoms with E-state index in [0.717, 1.165) is 17.8 Å². The smallest absolute Gasteiger partial charge is 0.000995 e. The standard InChI is InChI=1S/C9H17N/c1-7-3-8-5-10(2)6-9(8)4-7/h7-9H,3-6H2,1-2H3/t7-,8+,9-. The molecule has 58 valence electrons. The number of rotatable bonds is 0. The molecule has 1 heterocycles. The highest BCUT2D eigenvalue weighted by Gasteiger charge is 2.37. The van der Waals surface area contributed by atoms with E-state index in [-0.39, 0.29) is 0 Å². The van der Waals surface area contributed by atoms with Crippen LogP contribution in [0, 0.1) is 17.8 Å². The highest BCUT2D eigenvalue weighted by molar-refractivity contribution is 4.89. The lowest BCUT2D eigenvalue weighted by molar-refractivity contribution is 0.360. The molecule has 0 aromatic rings. The molecule has 0 unspecified atom stereocenters. The fourth-order valence-electron chi connectivity index (χ4n) is 2.84. The number of fused-ring (bicyclic) bond motifs is 1. The molecule has 1 saturated heterocycles. The molecule has 2 rings (SSSR count). The van der Waals surface area contributed by atoms with Crippen LogP contribution in [0.15, 0.2) is 0 Å². The minimum absolute atomic E-state index is 1.02. The van der Waals surface area contributed by atoms with E-state index in [9.17, 15) is 0 Å². The van der Waals surface area contributed by atoms with Crippen molar-refractivity contribution in [3.05, 3.63) is 0 Å². The minimum atomic E-state index is 1.02.